The zero-order valence-corrected chi connectivity index (χ0v) is 11.7. The van der Waals surface area contributed by atoms with Crippen molar-refractivity contribution < 1.29 is 14.6 Å². The van der Waals surface area contributed by atoms with Crippen LogP contribution in [0.4, 0.5) is 5.95 Å². The van der Waals surface area contributed by atoms with Gasteiger partial charge in [0.05, 0.1) is 13.7 Å². The van der Waals surface area contributed by atoms with Crippen LogP contribution in [0.25, 0.3) is 0 Å². The number of nitrogens with zero attached hydrogens (tertiary/aromatic N) is 2. The minimum atomic E-state index is -0.0485. The molecule has 1 heterocycles. The van der Waals surface area contributed by atoms with E-state index >= 15 is 0 Å². The van der Waals surface area contributed by atoms with E-state index in [0.29, 0.717) is 23.3 Å². The van der Waals surface area contributed by atoms with Crippen LogP contribution >= 0.6 is 0 Å². The summed E-state index contributed by atoms with van der Waals surface area (Å²) in [5.74, 6) is 1.99. The van der Waals surface area contributed by atoms with Gasteiger partial charge < -0.3 is 19.9 Å². The smallest absolute Gasteiger partial charge is 0.225 e. The maximum Gasteiger partial charge on any atom is 0.225 e. The predicted octanol–water partition coefficient (Wildman–Crippen LogP) is 2.12. The van der Waals surface area contributed by atoms with E-state index in [2.05, 4.69) is 15.3 Å². The molecular formula is C14H17N3O3. The standard InChI is InChI=1S/C14H17N3O3/c1-9-6-13(17-14(15-2)16-9)20-11-5-4-10(8-18)7-12(11)19-3/h4-7,18H,8H2,1-3H3,(H,15,16,17). The molecule has 1 aromatic heterocycles. The predicted molar refractivity (Wildman–Crippen MR) is 75.3 cm³/mol. The third-order valence-corrected chi connectivity index (χ3v) is 2.68. The van der Waals surface area contributed by atoms with Crippen LogP contribution in [0, 0.1) is 6.92 Å². The van der Waals surface area contributed by atoms with E-state index in [-0.39, 0.29) is 6.61 Å². The van der Waals surface area contributed by atoms with E-state index in [1.165, 1.54) is 0 Å². The Morgan fingerprint density at radius 2 is 2.00 bits per heavy atom. The van der Waals surface area contributed by atoms with Crippen LogP contribution < -0.4 is 14.8 Å². The van der Waals surface area contributed by atoms with Crippen molar-refractivity contribution in [2.24, 2.45) is 0 Å². The lowest BCUT2D eigenvalue weighted by molar-refractivity contribution is 0.280. The number of benzene rings is 1. The summed E-state index contributed by atoms with van der Waals surface area (Å²) in [5.41, 5.74) is 1.55. The molecule has 1 aromatic carbocycles. The summed E-state index contributed by atoms with van der Waals surface area (Å²) in [4.78, 5) is 8.41. The molecule has 0 bridgehead atoms. The topological polar surface area (TPSA) is 76.5 Å². The first kappa shape index (κ1) is 14.1. The molecular weight excluding hydrogens is 258 g/mol. The lowest BCUT2D eigenvalue weighted by Crippen LogP contribution is -2.00. The summed E-state index contributed by atoms with van der Waals surface area (Å²) in [6.07, 6.45) is 0. The quantitative estimate of drug-likeness (QED) is 0.870. The molecule has 2 rings (SSSR count). The van der Waals surface area contributed by atoms with E-state index in [0.717, 1.165) is 11.3 Å². The van der Waals surface area contributed by atoms with Crippen LogP contribution in [0.15, 0.2) is 24.3 Å². The summed E-state index contributed by atoms with van der Waals surface area (Å²) in [7, 11) is 3.29. The molecule has 2 N–H and O–H groups in total. The molecule has 0 aliphatic rings. The van der Waals surface area contributed by atoms with E-state index < -0.39 is 0 Å². The first-order valence-electron chi connectivity index (χ1n) is 6.15. The second-order valence-corrected chi connectivity index (χ2v) is 4.17. The Morgan fingerprint density at radius 3 is 2.65 bits per heavy atom. The third kappa shape index (κ3) is 3.16. The molecule has 2 aromatic rings. The molecule has 0 saturated heterocycles. The van der Waals surface area contributed by atoms with Crippen LogP contribution in [0.1, 0.15) is 11.3 Å². The average molecular weight is 275 g/mol. The number of nitrogens with one attached hydrogen (secondary N) is 1. The monoisotopic (exact) mass is 275 g/mol. The Kier molecular flexibility index (Phi) is 4.37. The number of ether oxygens (including phenoxy) is 2. The molecule has 20 heavy (non-hydrogen) atoms. The molecule has 0 radical (unpaired) electrons. The molecule has 0 amide bonds. The molecule has 0 fully saturated rings. The van der Waals surface area contributed by atoms with Gasteiger partial charge in [0.25, 0.3) is 0 Å². The summed E-state index contributed by atoms with van der Waals surface area (Å²) in [6, 6.07) is 6.97. The van der Waals surface area contributed by atoms with Crippen molar-refractivity contribution in [2.45, 2.75) is 13.5 Å². The highest BCUT2D eigenvalue weighted by Gasteiger charge is 2.09. The lowest BCUT2D eigenvalue weighted by Gasteiger charge is -2.11. The van der Waals surface area contributed by atoms with Crippen molar-refractivity contribution >= 4 is 5.95 Å². The van der Waals surface area contributed by atoms with Crippen molar-refractivity contribution in [1.29, 1.82) is 0 Å². The molecule has 6 heteroatoms. The zero-order chi connectivity index (χ0) is 14.5. The summed E-state index contributed by atoms with van der Waals surface area (Å²) in [5, 5.41) is 12.0. The van der Waals surface area contributed by atoms with Crippen molar-refractivity contribution in [1.82, 2.24) is 9.97 Å². The van der Waals surface area contributed by atoms with Gasteiger partial charge in [0, 0.05) is 18.8 Å². The Balaban J connectivity index is 2.31. The number of anilines is 1. The first-order chi connectivity index (χ1) is 9.66. The van der Waals surface area contributed by atoms with Gasteiger partial charge in [0.15, 0.2) is 11.5 Å². The maximum absolute atomic E-state index is 9.12. The van der Waals surface area contributed by atoms with Gasteiger partial charge in [-0.05, 0) is 24.6 Å². The molecule has 0 atom stereocenters. The van der Waals surface area contributed by atoms with Crippen molar-refractivity contribution in [3.8, 4) is 17.4 Å². The van der Waals surface area contributed by atoms with Crippen LogP contribution in [0.2, 0.25) is 0 Å². The fourth-order valence-electron chi connectivity index (χ4n) is 1.71. The largest absolute Gasteiger partial charge is 0.493 e. The summed E-state index contributed by atoms with van der Waals surface area (Å²) >= 11 is 0. The Morgan fingerprint density at radius 1 is 1.20 bits per heavy atom. The van der Waals surface area contributed by atoms with Crippen molar-refractivity contribution in [2.75, 3.05) is 19.5 Å². The fourth-order valence-corrected chi connectivity index (χ4v) is 1.71. The van der Waals surface area contributed by atoms with Gasteiger partial charge >= 0.3 is 0 Å². The average Bonchev–Trinajstić information content (AvgIpc) is 2.47. The Labute approximate surface area is 117 Å². The normalized spacial score (nSPS) is 10.2. The van der Waals surface area contributed by atoms with E-state index in [9.17, 15) is 0 Å². The Hall–Kier alpha value is -2.34. The number of aryl methyl sites for hydroxylation is 1. The van der Waals surface area contributed by atoms with E-state index in [4.69, 9.17) is 14.6 Å². The number of aliphatic hydroxyl groups excluding tert-OH is 1. The highest BCUT2D eigenvalue weighted by molar-refractivity contribution is 5.45. The van der Waals surface area contributed by atoms with Crippen molar-refractivity contribution in [3.05, 3.63) is 35.5 Å². The van der Waals surface area contributed by atoms with Gasteiger partial charge in [0.1, 0.15) is 0 Å². The van der Waals surface area contributed by atoms with Gasteiger partial charge in [-0.15, -0.1) is 0 Å². The molecule has 0 aliphatic heterocycles. The van der Waals surface area contributed by atoms with Crippen molar-refractivity contribution in [3.63, 3.8) is 0 Å². The second kappa shape index (κ2) is 6.21. The van der Waals surface area contributed by atoms with Gasteiger partial charge in [-0.2, -0.15) is 4.98 Å². The number of methoxy groups -OCH3 is 1. The minimum absolute atomic E-state index is 0.0485. The summed E-state index contributed by atoms with van der Waals surface area (Å²) < 4.78 is 11.0. The van der Waals surface area contributed by atoms with E-state index in [1.54, 1.807) is 38.4 Å². The number of hydrogen-bond donors (Lipinski definition) is 2. The number of aliphatic hydroxyl groups is 1. The van der Waals surface area contributed by atoms with Crippen LogP contribution in [0.5, 0.6) is 17.4 Å². The highest BCUT2D eigenvalue weighted by Crippen LogP contribution is 2.32. The SMILES string of the molecule is CNc1nc(C)cc(Oc2ccc(CO)cc2OC)n1. The number of rotatable bonds is 5. The molecule has 0 spiro atoms. The number of aromatic nitrogens is 2. The van der Waals surface area contributed by atoms with Crippen LogP contribution in [-0.2, 0) is 6.61 Å². The lowest BCUT2D eigenvalue weighted by atomic mass is 10.2. The molecule has 106 valence electrons. The van der Waals surface area contributed by atoms with Gasteiger partial charge in [-0.3, -0.25) is 0 Å². The minimum Gasteiger partial charge on any atom is -0.493 e. The molecule has 0 saturated carbocycles. The summed E-state index contributed by atoms with van der Waals surface area (Å²) in [6.45, 7) is 1.81. The molecule has 0 aliphatic carbocycles. The van der Waals surface area contributed by atoms with Gasteiger partial charge in [-0.25, -0.2) is 4.98 Å². The van der Waals surface area contributed by atoms with Gasteiger partial charge in [-0.1, -0.05) is 6.07 Å². The van der Waals surface area contributed by atoms with E-state index in [1.807, 2.05) is 6.92 Å². The van der Waals surface area contributed by atoms with Crippen LogP contribution in [-0.4, -0.2) is 29.2 Å². The van der Waals surface area contributed by atoms with Gasteiger partial charge in [0.2, 0.25) is 11.8 Å². The van der Waals surface area contributed by atoms with Crippen LogP contribution in [0.3, 0.4) is 0 Å². The maximum atomic E-state index is 9.12. The number of hydrogen-bond acceptors (Lipinski definition) is 6. The first-order valence-corrected chi connectivity index (χ1v) is 6.15. The second-order valence-electron chi connectivity index (χ2n) is 4.17. The highest BCUT2D eigenvalue weighted by atomic mass is 16.5. The zero-order valence-electron chi connectivity index (χ0n) is 11.7. The molecule has 0 unspecified atom stereocenters. The molecule has 6 nitrogen and oxygen atoms in total. The fraction of sp³-hybridized carbons (Fsp3) is 0.286. The Bertz CT molecular complexity index is 602. The third-order valence-electron chi connectivity index (χ3n) is 2.68.